The predicted octanol–water partition coefficient (Wildman–Crippen LogP) is 6.74. The number of benzene rings is 1. The van der Waals surface area contributed by atoms with Crippen molar-refractivity contribution in [2.45, 2.75) is 115 Å². The summed E-state index contributed by atoms with van der Waals surface area (Å²) in [5.74, 6) is 9.15. The summed E-state index contributed by atoms with van der Waals surface area (Å²) in [7, 11) is 3.28. The van der Waals surface area contributed by atoms with Gasteiger partial charge in [0.1, 0.15) is 11.9 Å². The van der Waals surface area contributed by atoms with Crippen LogP contribution < -0.4 is 15.8 Å². The Morgan fingerprint density at radius 3 is 2.70 bits per heavy atom. The highest BCUT2D eigenvalue weighted by atomic mass is 33.1. The molecule has 1 aromatic heterocycles. The maximum absolute atomic E-state index is 12.5. The quantitative estimate of drug-likeness (QED) is 0.0722. The van der Waals surface area contributed by atoms with Crippen molar-refractivity contribution >= 4 is 21.6 Å². The number of aliphatic hydroxyl groups is 4. The van der Waals surface area contributed by atoms with Crippen LogP contribution in [-0.4, -0.2) is 92.8 Å². The summed E-state index contributed by atoms with van der Waals surface area (Å²) < 4.78 is 13.5. The number of dihydropyridines is 1. The Kier molecular flexibility index (Phi) is 14.5. The predicted molar refractivity (Wildman–Crippen MR) is 244 cm³/mol. The Balaban J connectivity index is 1.18. The molecule has 12 atom stereocenters. The Morgan fingerprint density at radius 2 is 1.93 bits per heavy atom. The Labute approximate surface area is 370 Å². The van der Waals surface area contributed by atoms with E-state index in [1.807, 2.05) is 24.4 Å². The van der Waals surface area contributed by atoms with Crippen molar-refractivity contribution in [2.75, 3.05) is 37.9 Å². The minimum atomic E-state index is -1.02. The van der Waals surface area contributed by atoms with Crippen LogP contribution in [0.1, 0.15) is 94.4 Å². The fraction of sp³-hybridized carbons (Fsp3) is 0.633. The molecule has 1 saturated heterocycles. The second-order valence-electron chi connectivity index (χ2n) is 18.5. The van der Waals surface area contributed by atoms with Crippen molar-refractivity contribution in [1.82, 2.24) is 10.3 Å². The molecule has 0 amide bonds. The minimum absolute atomic E-state index is 0.0207. The van der Waals surface area contributed by atoms with E-state index in [1.165, 1.54) is 5.57 Å². The molecule has 3 heterocycles. The smallest absolute Gasteiger partial charge is 0.161 e. The minimum Gasteiger partial charge on any atom is -0.504 e. The fourth-order valence-corrected chi connectivity index (χ4v) is 14.1. The number of aromatic nitrogens is 1. The first-order valence-electron chi connectivity index (χ1n) is 22.9. The van der Waals surface area contributed by atoms with E-state index >= 15 is 0 Å². The zero-order valence-corrected chi connectivity index (χ0v) is 37.5. The van der Waals surface area contributed by atoms with E-state index in [2.05, 4.69) is 54.2 Å². The van der Waals surface area contributed by atoms with Gasteiger partial charge in [0.25, 0.3) is 0 Å². The third-order valence-electron chi connectivity index (χ3n) is 15.1. The van der Waals surface area contributed by atoms with Crippen LogP contribution in [0.5, 0.6) is 11.5 Å². The van der Waals surface area contributed by atoms with E-state index in [4.69, 9.17) is 15.2 Å². The number of fused-ring (bicyclic) bond motifs is 8. The molecule has 0 unspecified atom stereocenters. The van der Waals surface area contributed by atoms with Crippen molar-refractivity contribution in [1.29, 1.82) is 0 Å². The van der Waals surface area contributed by atoms with Crippen LogP contribution in [0.15, 0.2) is 65.2 Å². The van der Waals surface area contributed by atoms with E-state index in [-0.39, 0.29) is 72.6 Å². The first kappa shape index (κ1) is 44.6. The molecular weight excluding hydrogens is 807 g/mol. The molecule has 61 heavy (non-hydrogen) atoms. The van der Waals surface area contributed by atoms with Crippen LogP contribution in [0.3, 0.4) is 0 Å². The molecule has 1 aromatic carbocycles. The number of allylic oxidation sites excluding steroid dienone is 3. The van der Waals surface area contributed by atoms with Gasteiger partial charge in [-0.3, -0.25) is 0 Å². The number of aromatic amines is 1. The van der Waals surface area contributed by atoms with Crippen molar-refractivity contribution in [3.8, 4) is 23.3 Å². The van der Waals surface area contributed by atoms with Gasteiger partial charge in [0.15, 0.2) is 11.5 Å². The molecule has 1 saturated carbocycles. The summed E-state index contributed by atoms with van der Waals surface area (Å²) in [6, 6.07) is 7.87. The lowest BCUT2D eigenvalue weighted by Gasteiger charge is -2.38. The molecule has 10 nitrogen and oxygen atoms in total. The van der Waals surface area contributed by atoms with Crippen LogP contribution >= 0.6 is 21.6 Å². The number of aromatic hydroxyl groups is 1. The van der Waals surface area contributed by atoms with Gasteiger partial charge in [-0.2, -0.15) is 0 Å². The molecule has 0 radical (unpaired) electrons. The number of nitrogens with two attached hydrogens (primary N) is 1. The van der Waals surface area contributed by atoms with Crippen molar-refractivity contribution < 1.29 is 35.0 Å². The first-order chi connectivity index (χ1) is 29.6. The molecule has 9 N–H and O–H groups in total. The summed E-state index contributed by atoms with van der Waals surface area (Å²) in [5, 5.41) is 60.4. The highest BCUT2D eigenvalue weighted by molar-refractivity contribution is 8.76. The molecular formula is C49H67N3O7S2. The number of aliphatic hydroxyl groups excluding tert-OH is 4. The van der Waals surface area contributed by atoms with E-state index in [0.29, 0.717) is 48.9 Å². The maximum Gasteiger partial charge on any atom is 0.161 e. The molecule has 0 spiro atoms. The average Bonchev–Trinajstić information content (AvgIpc) is 3.63. The highest BCUT2D eigenvalue weighted by Crippen LogP contribution is 2.52. The van der Waals surface area contributed by atoms with E-state index in [1.54, 1.807) is 21.6 Å². The molecule has 332 valence electrons. The number of ether oxygens (including phenoxy) is 2. The average molecular weight is 874 g/mol. The van der Waals surface area contributed by atoms with E-state index in [9.17, 15) is 25.5 Å². The Hall–Kier alpha value is -3.02. The van der Waals surface area contributed by atoms with Crippen LogP contribution in [-0.2, 0) is 17.6 Å². The second kappa shape index (κ2) is 19.8. The van der Waals surface area contributed by atoms with Crippen molar-refractivity contribution in [2.24, 2.45) is 46.7 Å². The number of phenolic OH excluding ortho intramolecular Hbond substituents is 1. The summed E-state index contributed by atoms with van der Waals surface area (Å²) >= 11 is 0. The normalized spacial score (nSPS) is 35.3. The zero-order chi connectivity index (χ0) is 42.7. The molecule has 2 aromatic rings. The Morgan fingerprint density at radius 1 is 1.07 bits per heavy atom. The zero-order valence-electron chi connectivity index (χ0n) is 35.9. The lowest BCUT2D eigenvalue weighted by molar-refractivity contribution is -0.0855. The molecule has 2 aliphatic heterocycles. The standard InChI is InChI=1S/C49H67N3O7S2/c1-3-29-19-32-22-41(55)43(59-44-23-33(20-35-8-6-15-51-35)36-11-16-52-48(50)40(36)28-61-60-27-34(26-54)46(44)57)25-38(32)39-24-42(56)45-31(21-37(29)39)10-14-49(4-2)12-5-7-30(9-13-49)47(45)58-18-17-53/h6,8,11,15,21-22,25,29-31,33-34,39,42,44-47,51-57H,3-5,7,9,12-13,16-20,23-24,26-28,50H2,1-2H3/t29-,30-,31+,33-,34+,39+,42-,44+,45-,46+,47+,49+/m1/s1. The molecule has 4 aliphatic carbocycles. The third-order valence-corrected chi connectivity index (χ3v) is 17.5. The number of nitrogens with one attached hydrogen (secondary N) is 2. The van der Waals surface area contributed by atoms with Gasteiger partial charge in [-0.1, -0.05) is 71.4 Å². The second-order valence-corrected chi connectivity index (χ2v) is 21.0. The highest BCUT2D eigenvalue weighted by Gasteiger charge is 2.47. The fourth-order valence-electron chi connectivity index (χ4n) is 11.6. The molecule has 2 fully saturated rings. The molecule has 2 bridgehead atoms. The number of rotatable bonds is 10. The first-order valence-corrected chi connectivity index (χ1v) is 25.4. The Bertz CT molecular complexity index is 1990. The van der Waals surface area contributed by atoms with Crippen LogP contribution in [0.2, 0.25) is 0 Å². The third kappa shape index (κ3) is 9.45. The van der Waals surface area contributed by atoms with E-state index < -0.39 is 24.2 Å². The van der Waals surface area contributed by atoms with Crippen LogP contribution in [0.25, 0.3) is 0 Å². The van der Waals surface area contributed by atoms with Gasteiger partial charge in [0, 0.05) is 71.2 Å². The summed E-state index contributed by atoms with van der Waals surface area (Å²) in [5.41, 5.74) is 13.2. The van der Waals surface area contributed by atoms with Gasteiger partial charge < -0.3 is 51.0 Å². The van der Waals surface area contributed by atoms with Gasteiger partial charge in [-0.25, -0.2) is 0 Å². The van der Waals surface area contributed by atoms with Crippen molar-refractivity contribution in [3.05, 3.63) is 82.0 Å². The largest absolute Gasteiger partial charge is 0.504 e. The van der Waals surface area contributed by atoms with Crippen LogP contribution in [0, 0.1) is 52.8 Å². The van der Waals surface area contributed by atoms with Gasteiger partial charge in [0.05, 0.1) is 31.5 Å². The van der Waals surface area contributed by atoms with Crippen LogP contribution in [0.4, 0.5) is 0 Å². The lowest BCUT2D eigenvalue weighted by Crippen LogP contribution is -2.43. The summed E-state index contributed by atoms with van der Waals surface area (Å²) in [6.07, 6.45) is 13.2. The van der Waals surface area contributed by atoms with Gasteiger partial charge in [-0.15, -0.1) is 0 Å². The number of H-pyrrole nitrogens is 1. The number of hydrogen-bond donors (Lipinski definition) is 8. The van der Waals surface area contributed by atoms with Gasteiger partial charge >= 0.3 is 0 Å². The molecule has 6 aliphatic rings. The number of hydrogen-bond acceptors (Lipinski definition) is 11. The topological polar surface area (TPSA) is 173 Å². The summed E-state index contributed by atoms with van der Waals surface area (Å²) in [6.45, 7) is 5.04. The molecule has 8 rings (SSSR count). The van der Waals surface area contributed by atoms with Crippen molar-refractivity contribution in [3.63, 3.8) is 0 Å². The number of phenols is 1. The molecule has 12 heteroatoms. The van der Waals surface area contributed by atoms with E-state index in [0.717, 1.165) is 79.3 Å². The summed E-state index contributed by atoms with van der Waals surface area (Å²) in [4.78, 5) is 3.37. The SMILES string of the molecule is CC[C@@H]1Cc2cc(O)c(O[C@H]3C[C@@H](Cc4ccc[nH]4)C4=CCNC(N)=C4CSSC[C@H](CO)[C@@H]3O)cc2[C@H]2C[C@@H](O)[C@@H]3[C@@H](OCCO)[C@@H]4CCC[C@](CC)(C#C[C@H]3C=C12)CC4. The monoisotopic (exact) mass is 873 g/mol. The van der Waals surface area contributed by atoms with Gasteiger partial charge in [0.2, 0.25) is 0 Å². The lowest BCUT2D eigenvalue weighted by atomic mass is 9.70. The maximum atomic E-state index is 12.5. The van der Waals surface area contributed by atoms with Gasteiger partial charge in [-0.05, 0) is 123 Å².